The van der Waals surface area contributed by atoms with Crippen molar-refractivity contribution in [3.63, 3.8) is 0 Å². The van der Waals surface area contributed by atoms with Crippen molar-refractivity contribution in [3.05, 3.63) is 29.3 Å². The molecule has 0 aromatic heterocycles. The number of aryl methyl sites for hydroxylation is 1. The summed E-state index contributed by atoms with van der Waals surface area (Å²) in [6.45, 7) is 18.2. The molecule has 0 radical (unpaired) electrons. The van der Waals surface area contributed by atoms with E-state index in [-0.39, 0.29) is 5.41 Å². The fourth-order valence-electron chi connectivity index (χ4n) is 3.65. The van der Waals surface area contributed by atoms with E-state index in [0.29, 0.717) is 0 Å². The maximum absolute atomic E-state index is 6.12. The fourth-order valence-corrected chi connectivity index (χ4v) is 3.65. The molecule has 0 amide bonds. The van der Waals surface area contributed by atoms with Crippen molar-refractivity contribution in [2.75, 3.05) is 26.2 Å². The average Bonchev–Trinajstić information content (AvgIpc) is 2.60. The van der Waals surface area contributed by atoms with Gasteiger partial charge >= 0.3 is 0 Å². The molecule has 0 fully saturated rings. The van der Waals surface area contributed by atoms with Gasteiger partial charge in [-0.25, -0.2) is 0 Å². The van der Waals surface area contributed by atoms with Gasteiger partial charge in [0.2, 0.25) is 0 Å². The maximum atomic E-state index is 6.12. The van der Waals surface area contributed by atoms with Crippen molar-refractivity contribution in [2.24, 2.45) is 0 Å². The van der Waals surface area contributed by atoms with Crippen molar-refractivity contribution >= 4 is 0 Å². The van der Waals surface area contributed by atoms with Gasteiger partial charge in [-0.2, -0.15) is 0 Å². The van der Waals surface area contributed by atoms with E-state index in [4.69, 9.17) is 4.74 Å². The highest BCUT2D eigenvalue weighted by Gasteiger charge is 2.19. The molecule has 27 heavy (non-hydrogen) atoms. The summed E-state index contributed by atoms with van der Waals surface area (Å²) in [5.41, 5.74) is 2.76. The summed E-state index contributed by atoms with van der Waals surface area (Å²) >= 11 is 0. The zero-order valence-corrected chi connectivity index (χ0v) is 19.1. The summed E-state index contributed by atoms with van der Waals surface area (Å²) in [7, 11) is 0. The first kappa shape index (κ1) is 24.0. The van der Waals surface area contributed by atoms with E-state index in [1.165, 1.54) is 75.7 Å². The number of unbranched alkanes of at least 4 members (excludes halogenated alkanes) is 5. The molecule has 1 aromatic carbocycles. The molecule has 2 heteroatoms. The Morgan fingerprint density at radius 2 is 1.41 bits per heavy atom. The number of hydrogen-bond acceptors (Lipinski definition) is 2. The summed E-state index contributed by atoms with van der Waals surface area (Å²) in [6, 6.07) is 6.58. The molecule has 0 spiro atoms. The lowest BCUT2D eigenvalue weighted by atomic mass is 9.85. The highest BCUT2D eigenvalue weighted by Crippen LogP contribution is 2.32. The van der Waals surface area contributed by atoms with Gasteiger partial charge in [0.05, 0.1) is 6.61 Å². The van der Waals surface area contributed by atoms with E-state index >= 15 is 0 Å². The lowest BCUT2D eigenvalue weighted by Gasteiger charge is -2.23. The van der Waals surface area contributed by atoms with Crippen LogP contribution in [0.3, 0.4) is 0 Å². The Bertz CT molecular complexity index is 498. The molecule has 0 saturated carbocycles. The number of ether oxygens (including phenoxy) is 1. The molecular weight excluding hydrogens is 330 g/mol. The highest BCUT2D eigenvalue weighted by molar-refractivity contribution is 5.41. The summed E-state index contributed by atoms with van der Waals surface area (Å²) in [4.78, 5) is 2.63. The molecule has 156 valence electrons. The average molecular weight is 376 g/mol. The third-order valence-corrected chi connectivity index (χ3v) is 5.15. The van der Waals surface area contributed by atoms with Crippen LogP contribution < -0.4 is 4.74 Å². The third-order valence-electron chi connectivity index (χ3n) is 5.15. The van der Waals surface area contributed by atoms with Gasteiger partial charge in [0.1, 0.15) is 5.75 Å². The largest absolute Gasteiger partial charge is 0.493 e. The molecule has 0 aliphatic rings. The highest BCUT2D eigenvalue weighted by atomic mass is 16.5. The minimum absolute atomic E-state index is 0.130. The SMILES string of the molecule is CCCN(CCC)CCCCCCCCOc1ccc(C)cc1C(C)(C)C. The zero-order chi connectivity index (χ0) is 20.1. The van der Waals surface area contributed by atoms with Gasteiger partial charge in [-0.05, 0) is 69.3 Å². The van der Waals surface area contributed by atoms with Gasteiger partial charge in [0.15, 0.2) is 0 Å². The quantitative estimate of drug-likeness (QED) is 0.321. The van der Waals surface area contributed by atoms with Crippen LogP contribution in [0.1, 0.15) is 97.1 Å². The Kier molecular flexibility index (Phi) is 11.7. The van der Waals surface area contributed by atoms with Gasteiger partial charge in [-0.3, -0.25) is 0 Å². The Hall–Kier alpha value is -1.02. The van der Waals surface area contributed by atoms with Crippen LogP contribution >= 0.6 is 0 Å². The van der Waals surface area contributed by atoms with Crippen LogP contribution in [0.4, 0.5) is 0 Å². The first-order valence-corrected chi connectivity index (χ1v) is 11.3. The minimum Gasteiger partial charge on any atom is -0.493 e. The van der Waals surface area contributed by atoms with Crippen LogP contribution in [0.15, 0.2) is 18.2 Å². The first-order valence-electron chi connectivity index (χ1n) is 11.3. The van der Waals surface area contributed by atoms with E-state index in [0.717, 1.165) is 18.8 Å². The van der Waals surface area contributed by atoms with E-state index in [1.807, 2.05) is 0 Å². The Morgan fingerprint density at radius 3 is 2.00 bits per heavy atom. The smallest absolute Gasteiger partial charge is 0.123 e. The number of hydrogen-bond donors (Lipinski definition) is 0. The van der Waals surface area contributed by atoms with E-state index in [1.54, 1.807) is 0 Å². The van der Waals surface area contributed by atoms with E-state index < -0.39 is 0 Å². The van der Waals surface area contributed by atoms with Gasteiger partial charge in [-0.15, -0.1) is 0 Å². The number of nitrogens with zero attached hydrogens (tertiary/aromatic N) is 1. The van der Waals surface area contributed by atoms with E-state index in [2.05, 4.69) is 64.6 Å². The number of benzene rings is 1. The molecule has 0 N–H and O–H groups in total. The van der Waals surface area contributed by atoms with E-state index in [9.17, 15) is 0 Å². The molecule has 2 nitrogen and oxygen atoms in total. The predicted octanol–water partition coefficient (Wildman–Crippen LogP) is 7.13. The summed E-state index contributed by atoms with van der Waals surface area (Å²) in [5, 5.41) is 0. The third kappa shape index (κ3) is 10.2. The van der Waals surface area contributed by atoms with Crippen molar-refractivity contribution in [3.8, 4) is 5.75 Å². The Labute approximate surface area is 169 Å². The second kappa shape index (κ2) is 13.2. The van der Waals surface area contributed by atoms with Crippen LogP contribution in [0.25, 0.3) is 0 Å². The monoisotopic (exact) mass is 375 g/mol. The standard InChI is InChI=1S/C25H45NO/c1-7-17-26(18-8-2)19-13-11-9-10-12-14-20-27-24-16-15-22(3)21-23(24)25(4,5)6/h15-16,21H,7-14,17-20H2,1-6H3. The second-order valence-electron chi connectivity index (χ2n) is 9.06. The minimum atomic E-state index is 0.130. The van der Waals surface area contributed by atoms with Crippen molar-refractivity contribution in [2.45, 2.75) is 98.3 Å². The second-order valence-corrected chi connectivity index (χ2v) is 9.06. The Morgan fingerprint density at radius 1 is 0.815 bits per heavy atom. The summed E-state index contributed by atoms with van der Waals surface area (Å²) < 4.78 is 6.12. The van der Waals surface area contributed by atoms with Crippen LogP contribution in [-0.4, -0.2) is 31.1 Å². The summed E-state index contributed by atoms with van der Waals surface area (Å²) in [6.07, 6.45) is 10.4. The first-order chi connectivity index (χ1) is 12.9. The van der Waals surface area contributed by atoms with Gasteiger partial charge in [0.25, 0.3) is 0 Å². The van der Waals surface area contributed by atoms with Crippen molar-refractivity contribution in [1.82, 2.24) is 4.90 Å². The molecule has 0 bridgehead atoms. The summed E-state index contributed by atoms with van der Waals surface area (Å²) in [5.74, 6) is 1.07. The lowest BCUT2D eigenvalue weighted by Crippen LogP contribution is -2.26. The topological polar surface area (TPSA) is 12.5 Å². The molecule has 0 aliphatic carbocycles. The van der Waals surface area contributed by atoms with Crippen LogP contribution in [-0.2, 0) is 5.41 Å². The predicted molar refractivity (Wildman–Crippen MR) is 120 cm³/mol. The van der Waals surface area contributed by atoms with Gasteiger partial charge in [0, 0.05) is 0 Å². The molecule has 0 heterocycles. The number of rotatable bonds is 14. The molecule has 0 unspecified atom stereocenters. The van der Waals surface area contributed by atoms with Crippen LogP contribution in [0.5, 0.6) is 5.75 Å². The molecule has 0 atom stereocenters. The Balaban J connectivity index is 2.16. The molecule has 0 saturated heterocycles. The normalized spacial score (nSPS) is 12.0. The molecular formula is C25H45NO. The zero-order valence-electron chi connectivity index (χ0n) is 19.1. The van der Waals surface area contributed by atoms with Gasteiger partial charge < -0.3 is 9.64 Å². The molecule has 0 aliphatic heterocycles. The molecule has 1 rings (SSSR count). The van der Waals surface area contributed by atoms with Crippen molar-refractivity contribution < 1.29 is 4.74 Å². The lowest BCUT2D eigenvalue weighted by molar-refractivity contribution is 0.267. The van der Waals surface area contributed by atoms with Gasteiger partial charge in [-0.1, -0.05) is 78.0 Å². The fraction of sp³-hybridized carbons (Fsp3) is 0.760. The van der Waals surface area contributed by atoms with Crippen molar-refractivity contribution in [1.29, 1.82) is 0 Å². The van der Waals surface area contributed by atoms with Crippen LogP contribution in [0, 0.1) is 6.92 Å². The van der Waals surface area contributed by atoms with Crippen LogP contribution in [0.2, 0.25) is 0 Å². The molecule has 1 aromatic rings. The maximum Gasteiger partial charge on any atom is 0.123 e.